The lowest BCUT2D eigenvalue weighted by Gasteiger charge is -2.23. The van der Waals surface area contributed by atoms with E-state index in [9.17, 15) is 5.11 Å². The van der Waals surface area contributed by atoms with Gasteiger partial charge in [-0.25, -0.2) is 0 Å². The number of hydrogen-bond donors (Lipinski definition) is 1. The van der Waals surface area contributed by atoms with Crippen LogP contribution >= 0.6 is 0 Å². The minimum atomic E-state index is -0.291. The minimum Gasteiger partial charge on any atom is -0.493 e. The van der Waals surface area contributed by atoms with Crippen molar-refractivity contribution >= 4 is 6.08 Å². The zero-order valence-electron chi connectivity index (χ0n) is 15.0. The second kappa shape index (κ2) is 7.48. The Morgan fingerprint density at radius 3 is 2.88 bits per heavy atom. The van der Waals surface area contributed by atoms with Crippen LogP contribution in [0.15, 0.2) is 48.3 Å². The topological polar surface area (TPSA) is 54.8 Å². The number of methoxy groups -OCH3 is 1. The molecule has 26 heavy (non-hydrogen) atoms. The molecule has 1 saturated heterocycles. The Morgan fingerprint density at radius 2 is 2.08 bits per heavy atom. The molecular formula is C21H24N2O3. The number of para-hydroxylation sites is 1. The molecular weight excluding hydrogens is 328 g/mol. The maximum atomic E-state index is 10.5. The molecule has 0 radical (unpaired) electrons. The summed E-state index contributed by atoms with van der Waals surface area (Å²) in [6.07, 6.45) is 6.40. The van der Waals surface area contributed by atoms with Crippen LogP contribution in [-0.2, 0) is 6.42 Å². The van der Waals surface area contributed by atoms with Crippen LogP contribution in [0.1, 0.15) is 11.1 Å². The highest BCUT2D eigenvalue weighted by molar-refractivity contribution is 5.66. The summed E-state index contributed by atoms with van der Waals surface area (Å²) in [6.45, 7) is 2.99. The molecule has 2 aromatic rings. The number of likely N-dealkylation sites (tertiary alicyclic amines) is 1. The van der Waals surface area contributed by atoms with Crippen molar-refractivity contribution in [2.24, 2.45) is 5.92 Å². The average molecular weight is 352 g/mol. The highest BCUT2D eigenvalue weighted by Crippen LogP contribution is 2.35. The van der Waals surface area contributed by atoms with Crippen molar-refractivity contribution in [2.75, 3.05) is 33.4 Å². The zero-order valence-corrected chi connectivity index (χ0v) is 15.0. The van der Waals surface area contributed by atoms with E-state index in [-0.39, 0.29) is 12.0 Å². The lowest BCUT2D eigenvalue weighted by molar-refractivity contribution is 0.142. The molecule has 0 unspecified atom stereocenters. The third-order valence-electron chi connectivity index (χ3n) is 5.15. The molecule has 136 valence electrons. The van der Waals surface area contributed by atoms with Gasteiger partial charge in [0.05, 0.1) is 13.2 Å². The number of fused-ring (bicyclic) bond motifs is 1. The van der Waals surface area contributed by atoms with Gasteiger partial charge in [-0.15, -0.1) is 0 Å². The highest BCUT2D eigenvalue weighted by Gasteiger charge is 2.32. The molecule has 1 fully saturated rings. The fraction of sp³-hybridized carbons (Fsp3) is 0.381. The number of aliphatic hydroxyl groups excluding tert-OH is 1. The van der Waals surface area contributed by atoms with Crippen LogP contribution in [0, 0.1) is 5.92 Å². The molecule has 5 nitrogen and oxygen atoms in total. The third-order valence-corrected chi connectivity index (χ3v) is 5.15. The molecule has 2 aliphatic rings. The number of β-amino-alcohol motifs (C(OH)–C–C–N with tert-alkyl or cyclic N) is 1. The molecule has 0 bridgehead atoms. The van der Waals surface area contributed by atoms with Gasteiger partial charge in [0.25, 0.3) is 0 Å². The SMILES string of the molecule is COc1cccc2c1OCC(CN1C[C@@H](Cc3ccncc3)[C@@H](O)C1)=C2. The maximum Gasteiger partial charge on any atom is 0.168 e. The van der Waals surface area contributed by atoms with Gasteiger partial charge in [0.2, 0.25) is 0 Å². The van der Waals surface area contributed by atoms with Gasteiger partial charge < -0.3 is 14.6 Å². The van der Waals surface area contributed by atoms with Crippen molar-refractivity contribution in [3.8, 4) is 11.5 Å². The lowest BCUT2D eigenvalue weighted by Crippen LogP contribution is -2.27. The summed E-state index contributed by atoms with van der Waals surface area (Å²) in [5.41, 5.74) is 3.51. The Morgan fingerprint density at radius 1 is 1.23 bits per heavy atom. The molecule has 0 amide bonds. The molecule has 0 aliphatic carbocycles. The van der Waals surface area contributed by atoms with E-state index < -0.39 is 0 Å². The normalized spacial score (nSPS) is 22.5. The van der Waals surface area contributed by atoms with E-state index in [1.165, 1.54) is 11.1 Å². The highest BCUT2D eigenvalue weighted by atomic mass is 16.5. The van der Waals surface area contributed by atoms with Gasteiger partial charge in [0.1, 0.15) is 6.61 Å². The van der Waals surface area contributed by atoms with Crippen molar-refractivity contribution < 1.29 is 14.6 Å². The number of aliphatic hydroxyl groups is 1. The number of rotatable bonds is 5. The van der Waals surface area contributed by atoms with E-state index >= 15 is 0 Å². The fourth-order valence-electron chi connectivity index (χ4n) is 3.86. The first-order valence-corrected chi connectivity index (χ1v) is 9.01. The molecule has 0 saturated carbocycles. The van der Waals surface area contributed by atoms with E-state index in [0.29, 0.717) is 13.2 Å². The van der Waals surface area contributed by atoms with E-state index in [1.54, 1.807) is 7.11 Å². The van der Waals surface area contributed by atoms with Crippen LogP contribution < -0.4 is 9.47 Å². The number of ether oxygens (including phenoxy) is 2. The molecule has 1 aromatic carbocycles. The van der Waals surface area contributed by atoms with Gasteiger partial charge >= 0.3 is 0 Å². The van der Waals surface area contributed by atoms with Crippen molar-refractivity contribution in [1.29, 1.82) is 0 Å². The molecule has 0 spiro atoms. The largest absolute Gasteiger partial charge is 0.493 e. The molecule has 1 aromatic heterocycles. The van der Waals surface area contributed by atoms with Crippen LogP contribution in [0.25, 0.3) is 6.08 Å². The second-order valence-corrected chi connectivity index (χ2v) is 7.05. The van der Waals surface area contributed by atoms with E-state index in [0.717, 1.165) is 36.6 Å². The molecule has 1 N–H and O–H groups in total. The Hall–Kier alpha value is -2.37. The molecule has 2 atom stereocenters. The first kappa shape index (κ1) is 17.1. The lowest BCUT2D eigenvalue weighted by atomic mass is 9.97. The van der Waals surface area contributed by atoms with Gasteiger partial charge in [-0.3, -0.25) is 9.88 Å². The summed E-state index contributed by atoms with van der Waals surface area (Å²) in [5.74, 6) is 1.84. The quantitative estimate of drug-likeness (QED) is 0.896. The summed E-state index contributed by atoms with van der Waals surface area (Å²) >= 11 is 0. The molecule has 3 heterocycles. The molecule has 2 aliphatic heterocycles. The van der Waals surface area contributed by atoms with Crippen molar-refractivity contribution in [2.45, 2.75) is 12.5 Å². The van der Waals surface area contributed by atoms with Gasteiger partial charge in [-0.1, -0.05) is 12.1 Å². The van der Waals surface area contributed by atoms with Gasteiger partial charge in [-0.2, -0.15) is 0 Å². The van der Waals surface area contributed by atoms with Crippen LogP contribution in [0.2, 0.25) is 0 Å². The minimum absolute atomic E-state index is 0.259. The first-order chi connectivity index (χ1) is 12.7. The van der Waals surface area contributed by atoms with Crippen molar-refractivity contribution in [3.63, 3.8) is 0 Å². The van der Waals surface area contributed by atoms with Gasteiger partial charge in [0.15, 0.2) is 11.5 Å². The predicted molar refractivity (Wildman–Crippen MR) is 100 cm³/mol. The first-order valence-electron chi connectivity index (χ1n) is 9.01. The Kier molecular flexibility index (Phi) is 4.91. The predicted octanol–water partition coefficient (Wildman–Crippen LogP) is 2.40. The van der Waals surface area contributed by atoms with E-state index in [4.69, 9.17) is 9.47 Å². The fourth-order valence-corrected chi connectivity index (χ4v) is 3.86. The number of pyridine rings is 1. The summed E-state index contributed by atoms with van der Waals surface area (Å²) in [5, 5.41) is 10.5. The standard InChI is InChI=1S/C21H24N2O3/c1-25-20-4-2-3-17-10-16(14-26-21(17)20)11-23-12-18(19(24)13-23)9-15-5-7-22-8-6-15/h2-8,10,18-19,24H,9,11-14H2,1H3/t18-,19+/m1/s1. The number of nitrogens with zero attached hydrogens (tertiary/aromatic N) is 2. The van der Waals surface area contributed by atoms with Crippen molar-refractivity contribution in [1.82, 2.24) is 9.88 Å². The smallest absolute Gasteiger partial charge is 0.168 e. The van der Waals surface area contributed by atoms with E-state index in [2.05, 4.69) is 16.0 Å². The van der Waals surface area contributed by atoms with E-state index in [1.807, 2.05) is 42.7 Å². The van der Waals surface area contributed by atoms with Crippen LogP contribution in [0.4, 0.5) is 0 Å². The van der Waals surface area contributed by atoms with Gasteiger partial charge in [-0.05, 0) is 41.8 Å². The molecule has 4 rings (SSSR count). The van der Waals surface area contributed by atoms with Crippen LogP contribution in [-0.4, -0.2) is 54.4 Å². The van der Waals surface area contributed by atoms with Crippen LogP contribution in [0.5, 0.6) is 11.5 Å². The van der Waals surface area contributed by atoms with Gasteiger partial charge in [0, 0.05) is 43.5 Å². The monoisotopic (exact) mass is 352 g/mol. The maximum absolute atomic E-state index is 10.5. The second-order valence-electron chi connectivity index (χ2n) is 7.05. The number of aromatic nitrogens is 1. The summed E-state index contributed by atoms with van der Waals surface area (Å²) in [6, 6.07) is 9.99. The van der Waals surface area contributed by atoms with Crippen LogP contribution in [0.3, 0.4) is 0 Å². The Bertz CT molecular complexity index is 791. The summed E-state index contributed by atoms with van der Waals surface area (Å²) < 4.78 is 11.3. The number of benzene rings is 1. The van der Waals surface area contributed by atoms with Crippen molar-refractivity contribution in [3.05, 3.63) is 59.4 Å². The molecule has 5 heteroatoms. The Labute approximate surface area is 153 Å². The Balaban J connectivity index is 1.41. The third kappa shape index (κ3) is 3.59. The summed E-state index contributed by atoms with van der Waals surface area (Å²) in [4.78, 5) is 6.38. The number of hydrogen-bond acceptors (Lipinski definition) is 5. The zero-order chi connectivity index (χ0) is 17.9. The average Bonchev–Trinajstić information content (AvgIpc) is 3.00. The summed E-state index contributed by atoms with van der Waals surface area (Å²) in [7, 11) is 1.66.